The highest BCUT2D eigenvalue weighted by Gasteiger charge is 2.31. The third-order valence-corrected chi connectivity index (χ3v) is 5.98. The van der Waals surface area contributed by atoms with Crippen LogP contribution in [0.5, 0.6) is 0 Å². The number of aliphatic hydroxyl groups is 1. The van der Waals surface area contributed by atoms with Gasteiger partial charge in [0.2, 0.25) is 0 Å². The number of anilines is 1. The SMILES string of the molecule is NC(=NCC1(O)CCSC1)N1CCN(c2nccs2)CC1. The molecule has 1 unspecified atom stereocenters. The van der Waals surface area contributed by atoms with E-state index in [9.17, 15) is 5.11 Å². The van der Waals surface area contributed by atoms with Gasteiger partial charge in [-0.25, -0.2) is 4.98 Å². The molecule has 3 heterocycles. The molecule has 1 aromatic rings. The van der Waals surface area contributed by atoms with Crippen molar-refractivity contribution in [3.8, 4) is 0 Å². The number of aliphatic imine (C=N–C) groups is 1. The lowest BCUT2D eigenvalue weighted by molar-refractivity contribution is 0.0776. The van der Waals surface area contributed by atoms with Crippen LogP contribution in [-0.2, 0) is 0 Å². The molecule has 0 saturated carbocycles. The molecule has 0 bridgehead atoms. The molecule has 2 aliphatic heterocycles. The first-order valence-electron chi connectivity index (χ1n) is 7.16. The van der Waals surface area contributed by atoms with Crippen LogP contribution in [0, 0.1) is 0 Å². The molecule has 0 aromatic carbocycles. The number of nitrogens with two attached hydrogens (primary N) is 1. The minimum atomic E-state index is -0.655. The van der Waals surface area contributed by atoms with Crippen LogP contribution >= 0.6 is 23.1 Å². The van der Waals surface area contributed by atoms with Crippen LogP contribution in [-0.4, -0.2) is 70.8 Å². The van der Waals surface area contributed by atoms with E-state index in [1.54, 1.807) is 23.1 Å². The largest absolute Gasteiger partial charge is 0.387 e. The van der Waals surface area contributed by atoms with Gasteiger partial charge >= 0.3 is 0 Å². The van der Waals surface area contributed by atoms with Crippen molar-refractivity contribution in [2.75, 3.05) is 49.1 Å². The summed E-state index contributed by atoms with van der Waals surface area (Å²) in [7, 11) is 0. The standard InChI is InChI=1S/C13H21N5OS2/c14-11(16-9-13(19)1-7-20-10-13)17-3-5-18(6-4-17)12-15-2-8-21-12/h2,8,19H,1,3-7,9-10H2,(H2,14,16). The Hall–Kier alpha value is -0.990. The summed E-state index contributed by atoms with van der Waals surface area (Å²) >= 11 is 3.45. The van der Waals surface area contributed by atoms with E-state index in [0.29, 0.717) is 12.5 Å². The van der Waals surface area contributed by atoms with E-state index in [-0.39, 0.29) is 0 Å². The molecule has 0 radical (unpaired) electrons. The molecule has 6 nitrogen and oxygen atoms in total. The predicted octanol–water partition coefficient (Wildman–Crippen LogP) is 0.448. The van der Waals surface area contributed by atoms with Crippen molar-refractivity contribution in [1.82, 2.24) is 9.88 Å². The van der Waals surface area contributed by atoms with Crippen LogP contribution < -0.4 is 10.6 Å². The van der Waals surface area contributed by atoms with E-state index in [1.807, 2.05) is 11.6 Å². The summed E-state index contributed by atoms with van der Waals surface area (Å²) in [5, 5.41) is 13.4. The maximum absolute atomic E-state index is 10.3. The maximum Gasteiger partial charge on any atom is 0.191 e. The molecule has 8 heteroatoms. The van der Waals surface area contributed by atoms with E-state index < -0.39 is 5.60 Å². The number of piperazine rings is 1. The van der Waals surface area contributed by atoms with Crippen LogP contribution in [0.3, 0.4) is 0 Å². The molecule has 2 saturated heterocycles. The van der Waals surface area contributed by atoms with Crippen LogP contribution in [0.4, 0.5) is 5.13 Å². The Morgan fingerprint density at radius 1 is 1.43 bits per heavy atom. The molecule has 2 fully saturated rings. The van der Waals surface area contributed by atoms with Gasteiger partial charge in [0.05, 0.1) is 12.1 Å². The van der Waals surface area contributed by atoms with Crippen LogP contribution in [0.2, 0.25) is 0 Å². The predicted molar refractivity (Wildman–Crippen MR) is 89.3 cm³/mol. The number of rotatable bonds is 3. The Kier molecular flexibility index (Phi) is 4.56. The van der Waals surface area contributed by atoms with Gasteiger partial charge in [0.25, 0.3) is 0 Å². The van der Waals surface area contributed by atoms with Crippen molar-refractivity contribution in [1.29, 1.82) is 0 Å². The Morgan fingerprint density at radius 2 is 2.24 bits per heavy atom. The maximum atomic E-state index is 10.3. The minimum Gasteiger partial charge on any atom is -0.387 e. The van der Waals surface area contributed by atoms with E-state index >= 15 is 0 Å². The second kappa shape index (κ2) is 6.41. The molecule has 0 spiro atoms. The number of guanidine groups is 1. The van der Waals surface area contributed by atoms with Crippen molar-refractivity contribution >= 4 is 34.2 Å². The second-order valence-electron chi connectivity index (χ2n) is 5.49. The van der Waals surface area contributed by atoms with Crippen molar-refractivity contribution in [2.24, 2.45) is 10.7 Å². The highest BCUT2D eigenvalue weighted by Crippen LogP contribution is 2.28. The molecule has 1 aromatic heterocycles. The highest BCUT2D eigenvalue weighted by molar-refractivity contribution is 7.99. The van der Waals surface area contributed by atoms with Gasteiger partial charge in [0.15, 0.2) is 11.1 Å². The van der Waals surface area contributed by atoms with Crippen LogP contribution in [0.15, 0.2) is 16.6 Å². The lowest BCUT2D eigenvalue weighted by atomic mass is 10.1. The fraction of sp³-hybridized carbons (Fsp3) is 0.692. The van der Waals surface area contributed by atoms with Crippen LogP contribution in [0.25, 0.3) is 0 Å². The van der Waals surface area contributed by atoms with Gasteiger partial charge in [-0.3, -0.25) is 4.99 Å². The lowest BCUT2D eigenvalue weighted by Gasteiger charge is -2.35. The van der Waals surface area contributed by atoms with E-state index in [1.165, 1.54) is 0 Å². The van der Waals surface area contributed by atoms with Gasteiger partial charge in [-0.15, -0.1) is 11.3 Å². The van der Waals surface area contributed by atoms with Crippen molar-refractivity contribution in [3.63, 3.8) is 0 Å². The molecule has 116 valence electrons. The number of thioether (sulfide) groups is 1. The molecule has 3 rings (SSSR count). The van der Waals surface area contributed by atoms with Crippen LogP contribution in [0.1, 0.15) is 6.42 Å². The zero-order chi connectivity index (χ0) is 14.7. The summed E-state index contributed by atoms with van der Waals surface area (Å²) < 4.78 is 0. The third kappa shape index (κ3) is 3.61. The fourth-order valence-corrected chi connectivity index (χ4v) is 4.53. The summed E-state index contributed by atoms with van der Waals surface area (Å²) in [6.45, 7) is 3.93. The van der Waals surface area contributed by atoms with Gasteiger partial charge in [-0.1, -0.05) is 0 Å². The molecule has 2 aliphatic rings. The molecule has 21 heavy (non-hydrogen) atoms. The Labute approximate surface area is 133 Å². The zero-order valence-corrected chi connectivity index (χ0v) is 13.6. The molecule has 1 atom stereocenters. The molecule has 3 N–H and O–H groups in total. The summed E-state index contributed by atoms with van der Waals surface area (Å²) in [5.74, 6) is 2.33. The summed E-state index contributed by atoms with van der Waals surface area (Å²) in [5.41, 5.74) is 5.42. The second-order valence-corrected chi connectivity index (χ2v) is 7.47. The third-order valence-electron chi connectivity index (χ3n) is 3.91. The van der Waals surface area contributed by atoms with Crippen molar-refractivity contribution in [2.45, 2.75) is 12.0 Å². The van der Waals surface area contributed by atoms with Gasteiger partial charge in [-0.2, -0.15) is 11.8 Å². The molecular weight excluding hydrogens is 306 g/mol. The minimum absolute atomic E-state index is 0.415. The van der Waals surface area contributed by atoms with Gasteiger partial charge in [0, 0.05) is 43.5 Å². The summed E-state index contributed by atoms with van der Waals surface area (Å²) in [6.07, 6.45) is 2.65. The average molecular weight is 327 g/mol. The smallest absolute Gasteiger partial charge is 0.191 e. The topological polar surface area (TPSA) is 78.0 Å². The van der Waals surface area contributed by atoms with Gasteiger partial charge in [-0.05, 0) is 12.2 Å². The van der Waals surface area contributed by atoms with E-state index in [2.05, 4.69) is 19.8 Å². The van der Waals surface area contributed by atoms with Crippen molar-refractivity contribution in [3.05, 3.63) is 11.6 Å². The van der Waals surface area contributed by atoms with E-state index in [4.69, 9.17) is 5.73 Å². The zero-order valence-electron chi connectivity index (χ0n) is 11.9. The Balaban J connectivity index is 1.51. The van der Waals surface area contributed by atoms with Crippen molar-refractivity contribution < 1.29 is 5.11 Å². The number of aromatic nitrogens is 1. The van der Waals surface area contributed by atoms with E-state index in [0.717, 1.165) is 49.2 Å². The Morgan fingerprint density at radius 3 is 2.86 bits per heavy atom. The molecule has 0 aliphatic carbocycles. The summed E-state index contributed by atoms with van der Waals surface area (Å²) in [6, 6.07) is 0. The number of thiazole rings is 1. The fourth-order valence-electron chi connectivity index (χ4n) is 2.55. The normalized spacial score (nSPS) is 27.4. The number of nitrogens with zero attached hydrogens (tertiary/aromatic N) is 4. The number of hydrogen-bond donors (Lipinski definition) is 2. The first-order chi connectivity index (χ1) is 10.2. The lowest BCUT2D eigenvalue weighted by Crippen LogP contribution is -2.51. The number of hydrogen-bond acceptors (Lipinski definition) is 6. The Bertz CT molecular complexity index is 479. The van der Waals surface area contributed by atoms with Gasteiger partial charge < -0.3 is 20.6 Å². The first-order valence-corrected chi connectivity index (χ1v) is 9.19. The van der Waals surface area contributed by atoms with Gasteiger partial charge in [0.1, 0.15) is 0 Å². The monoisotopic (exact) mass is 327 g/mol. The first kappa shape index (κ1) is 14.9. The molecule has 0 amide bonds. The average Bonchev–Trinajstić information content (AvgIpc) is 3.17. The molecular formula is C13H21N5OS2. The summed E-state index contributed by atoms with van der Waals surface area (Å²) in [4.78, 5) is 13.1. The quantitative estimate of drug-likeness (QED) is 0.620. The highest BCUT2D eigenvalue weighted by atomic mass is 32.2.